The van der Waals surface area contributed by atoms with Gasteiger partial charge in [-0.2, -0.15) is 0 Å². The SMILES string of the molecule is CNC(C)(C)C(=O)N(Cc1ccco1)Cc1cccs1. The summed E-state index contributed by atoms with van der Waals surface area (Å²) >= 11 is 1.65. The first-order valence-corrected chi connectivity index (χ1v) is 7.44. The van der Waals surface area contributed by atoms with E-state index < -0.39 is 5.54 Å². The molecule has 108 valence electrons. The zero-order valence-corrected chi connectivity index (χ0v) is 12.9. The monoisotopic (exact) mass is 292 g/mol. The maximum absolute atomic E-state index is 12.7. The molecule has 2 aromatic heterocycles. The van der Waals surface area contributed by atoms with Crippen LogP contribution in [-0.2, 0) is 17.9 Å². The highest BCUT2D eigenvalue weighted by Crippen LogP contribution is 2.18. The van der Waals surface area contributed by atoms with Gasteiger partial charge in [-0.15, -0.1) is 11.3 Å². The Morgan fingerprint density at radius 3 is 2.70 bits per heavy atom. The third-order valence-electron chi connectivity index (χ3n) is 3.30. The van der Waals surface area contributed by atoms with E-state index in [0.717, 1.165) is 10.6 Å². The minimum absolute atomic E-state index is 0.0600. The van der Waals surface area contributed by atoms with Crippen LogP contribution in [0, 0.1) is 0 Å². The van der Waals surface area contributed by atoms with Crippen molar-refractivity contribution in [1.29, 1.82) is 0 Å². The third kappa shape index (κ3) is 3.49. The highest BCUT2D eigenvalue weighted by molar-refractivity contribution is 7.09. The van der Waals surface area contributed by atoms with Crippen molar-refractivity contribution in [2.45, 2.75) is 32.5 Å². The zero-order chi connectivity index (χ0) is 14.6. The summed E-state index contributed by atoms with van der Waals surface area (Å²) in [4.78, 5) is 15.7. The lowest BCUT2D eigenvalue weighted by molar-refractivity contribution is -0.138. The minimum atomic E-state index is -0.593. The van der Waals surface area contributed by atoms with Gasteiger partial charge in [0, 0.05) is 4.88 Å². The number of amides is 1. The van der Waals surface area contributed by atoms with E-state index >= 15 is 0 Å². The van der Waals surface area contributed by atoms with E-state index in [4.69, 9.17) is 4.42 Å². The number of hydrogen-bond acceptors (Lipinski definition) is 4. The lowest BCUT2D eigenvalue weighted by atomic mass is 10.0. The Labute approximate surface area is 123 Å². The van der Waals surface area contributed by atoms with Crippen molar-refractivity contribution in [3.8, 4) is 0 Å². The van der Waals surface area contributed by atoms with Crippen LogP contribution in [-0.4, -0.2) is 23.4 Å². The predicted octanol–water partition coefficient (Wildman–Crippen LogP) is 2.87. The van der Waals surface area contributed by atoms with Crippen LogP contribution >= 0.6 is 11.3 Å². The molecule has 0 aliphatic heterocycles. The molecule has 2 heterocycles. The molecule has 0 fully saturated rings. The maximum atomic E-state index is 12.7. The van der Waals surface area contributed by atoms with Crippen molar-refractivity contribution in [2.75, 3.05) is 7.05 Å². The molecule has 2 aromatic rings. The molecule has 0 saturated heterocycles. The molecule has 0 saturated carbocycles. The van der Waals surface area contributed by atoms with E-state index in [1.807, 2.05) is 48.4 Å². The van der Waals surface area contributed by atoms with Gasteiger partial charge in [-0.1, -0.05) is 6.07 Å². The van der Waals surface area contributed by atoms with Crippen LogP contribution < -0.4 is 5.32 Å². The summed E-state index contributed by atoms with van der Waals surface area (Å²) in [5.41, 5.74) is -0.593. The minimum Gasteiger partial charge on any atom is -0.467 e. The molecule has 0 aromatic carbocycles. The van der Waals surface area contributed by atoms with Crippen LogP contribution in [0.3, 0.4) is 0 Å². The summed E-state index contributed by atoms with van der Waals surface area (Å²) in [6.07, 6.45) is 1.63. The summed E-state index contributed by atoms with van der Waals surface area (Å²) in [5, 5.41) is 5.08. The first-order valence-electron chi connectivity index (χ1n) is 6.56. The third-order valence-corrected chi connectivity index (χ3v) is 4.16. The van der Waals surface area contributed by atoms with Gasteiger partial charge in [0.2, 0.25) is 5.91 Å². The summed E-state index contributed by atoms with van der Waals surface area (Å²) < 4.78 is 5.37. The molecule has 0 radical (unpaired) electrons. The fourth-order valence-electron chi connectivity index (χ4n) is 1.88. The molecule has 5 heteroatoms. The highest BCUT2D eigenvalue weighted by atomic mass is 32.1. The summed E-state index contributed by atoms with van der Waals surface area (Å²) in [5.74, 6) is 0.853. The van der Waals surface area contributed by atoms with Crippen LogP contribution in [0.15, 0.2) is 40.3 Å². The van der Waals surface area contributed by atoms with Gasteiger partial charge in [-0.3, -0.25) is 4.79 Å². The van der Waals surface area contributed by atoms with Gasteiger partial charge in [-0.25, -0.2) is 0 Å². The number of furan rings is 1. The van der Waals surface area contributed by atoms with Gasteiger partial charge >= 0.3 is 0 Å². The summed E-state index contributed by atoms with van der Waals surface area (Å²) in [6.45, 7) is 4.86. The Morgan fingerprint density at radius 2 is 2.15 bits per heavy atom. The zero-order valence-electron chi connectivity index (χ0n) is 12.1. The number of carbonyl (C=O) groups excluding carboxylic acids is 1. The molecule has 0 unspecified atom stereocenters. The molecule has 20 heavy (non-hydrogen) atoms. The highest BCUT2D eigenvalue weighted by Gasteiger charge is 2.31. The molecule has 0 bridgehead atoms. The normalized spacial score (nSPS) is 11.6. The Morgan fingerprint density at radius 1 is 1.35 bits per heavy atom. The van der Waals surface area contributed by atoms with Crippen LogP contribution in [0.2, 0.25) is 0 Å². The van der Waals surface area contributed by atoms with Gasteiger partial charge in [0.05, 0.1) is 24.9 Å². The number of nitrogens with zero attached hydrogens (tertiary/aromatic N) is 1. The topological polar surface area (TPSA) is 45.5 Å². The lowest BCUT2D eigenvalue weighted by Gasteiger charge is -2.31. The Balaban J connectivity index is 2.17. The second kappa shape index (κ2) is 6.24. The molecule has 0 aliphatic carbocycles. The Hall–Kier alpha value is -1.59. The van der Waals surface area contributed by atoms with Crippen molar-refractivity contribution >= 4 is 17.2 Å². The molecule has 1 amide bonds. The van der Waals surface area contributed by atoms with Gasteiger partial charge in [0.1, 0.15) is 5.76 Å². The number of rotatable bonds is 6. The summed E-state index contributed by atoms with van der Waals surface area (Å²) in [7, 11) is 1.80. The quantitative estimate of drug-likeness (QED) is 0.890. The number of thiophene rings is 1. The largest absolute Gasteiger partial charge is 0.467 e. The van der Waals surface area contributed by atoms with E-state index in [1.54, 1.807) is 24.6 Å². The smallest absolute Gasteiger partial charge is 0.243 e. The molecular formula is C15H20N2O2S. The van der Waals surface area contributed by atoms with Crippen molar-refractivity contribution in [3.63, 3.8) is 0 Å². The second-order valence-electron chi connectivity index (χ2n) is 5.19. The second-order valence-corrected chi connectivity index (χ2v) is 6.23. The molecule has 0 aliphatic rings. The Bertz CT molecular complexity index is 496. The Kier molecular flexibility index (Phi) is 4.62. The van der Waals surface area contributed by atoms with Crippen LogP contribution in [0.25, 0.3) is 0 Å². The van der Waals surface area contributed by atoms with Crippen LogP contribution in [0.5, 0.6) is 0 Å². The van der Waals surface area contributed by atoms with E-state index in [1.165, 1.54) is 0 Å². The van der Waals surface area contributed by atoms with Crippen molar-refractivity contribution < 1.29 is 9.21 Å². The molecular weight excluding hydrogens is 272 g/mol. The van der Waals surface area contributed by atoms with Gasteiger partial charge in [0.25, 0.3) is 0 Å². The van der Waals surface area contributed by atoms with Crippen molar-refractivity contribution in [2.24, 2.45) is 0 Å². The maximum Gasteiger partial charge on any atom is 0.243 e. The van der Waals surface area contributed by atoms with E-state index in [2.05, 4.69) is 5.32 Å². The number of hydrogen-bond donors (Lipinski definition) is 1. The first-order chi connectivity index (χ1) is 9.53. The van der Waals surface area contributed by atoms with Gasteiger partial charge < -0.3 is 14.6 Å². The number of likely N-dealkylation sites (N-methyl/N-ethyl adjacent to an activating group) is 1. The lowest BCUT2D eigenvalue weighted by Crippen LogP contribution is -2.52. The van der Waals surface area contributed by atoms with E-state index in [-0.39, 0.29) is 5.91 Å². The van der Waals surface area contributed by atoms with Crippen molar-refractivity contribution in [3.05, 3.63) is 46.5 Å². The van der Waals surface area contributed by atoms with Crippen LogP contribution in [0.4, 0.5) is 0 Å². The van der Waals surface area contributed by atoms with Crippen LogP contribution in [0.1, 0.15) is 24.5 Å². The molecule has 2 rings (SSSR count). The predicted molar refractivity (Wildman–Crippen MR) is 80.4 cm³/mol. The fraction of sp³-hybridized carbons (Fsp3) is 0.400. The number of nitrogens with one attached hydrogen (secondary N) is 1. The summed E-state index contributed by atoms with van der Waals surface area (Å²) in [6, 6.07) is 7.77. The van der Waals surface area contributed by atoms with Crippen molar-refractivity contribution in [1.82, 2.24) is 10.2 Å². The van der Waals surface area contributed by atoms with E-state index in [9.17, 15) is 4.79 Å². The molecule has 1 N–H and O–H groups in total. The fourth-order valence-corrected chi connectivity index (χ4v) is 2.60. The standard InChI is InChI=1S/C15H20N2O2S/c1-15(2,16-3)14(18)17(10-12-6-4-8-19-12)11-13-7-5-9-20-13/h4-9,16H,10-11H2,1-3H3. The van der Waals surface area contributed by atoms with Gasteiger partial charge in [0.15, 0.2) is 0 Å². The average Bonchev–Trinajstić information content (AvgIpc) is 3.10. The first kappa shape index (κ1) is 14.8. The number of carbonyl (C=O) groups is 1. The molecule has 0 atom stereocenters. The van der Waals surface area contributed by atoms with E-state index in [0.29, 0.717) is 13.1 Å². The van der Waals surface area contributed by atoms with Gasteiger partial charge in [-0.05, 0) is 44.5 Å². The molecule has 0 spiro atoms. The average molecular weight is 292 g/mol. The molecule has 4 nitrogen and oxygen atoms in total.